The number of alkyl carbamates (subject to hydrolysis) is 3. The lowest BCUT2D eigenvalue weighted by molar-refractivity contribution is -0.134. The van der Waals surface area contributed by atoms with Crippen molar-refractivity contribution < 1.29 is 71.4 Å². The minimum atomic E-state index is -0.986. The number of benzene rings is 3. The maximum Gasteiger partial charge on any atom is 0.409 e. The van der Waals surface area contributed by atoms with Gasteiger partial charge in [0.05, 0.1) is 40.6 Å². The Bertz CT molecular complexity index is 1840. The molecular formula is C42H63N9O15S3. The highest BCUT2D eigenvalue weighted by Crippen LogP contribution is 2.31. The van der Waals surface area contributed by atoms with Gasteiger partial charge in [-0.15, -0.1) is 0 Å². The molecule has 0 spiro atoms. The van der Waals surface area contributed by atoms with Gasteiger partial charge in [0.15, 0.2) is 34.5 Å². The number of nitrogens with one attached hydrogen (secondary N) is 3. The standard InChI is InChI=1S/3C14H21N3O5S/c3*1-20-11-7-9(8-21-14(19)17-13(15)16)3-4-10(11)22-12(18)5-6-23-2/h3*3-4,7,13H,5-6,8,15-16H2,1-2H3,(H,17,19). The van der Waals surface area contributed by atoms with E-state index in [1.165, 1.54) is 21.3 Å². The maximum atomic E-state index is 11.6. The number of thioether (sulfide) groups is 3. The van der Waals surface area contributed by atoms with Gasteiger partial charge in [0, 0.05) is 17.3 Å². The van der Waals surface area contributed by atoms with Crippen molar-refractivity contribution >= 4 is 71.5 Å². The maximum absolute atomic E-state index is 11.6. The summed E-state index contributed by atoms with van der Waals surface area (Å²) in [6, 6.07) is 14.6. The largest absolute Gasteiger partial charge is 0.493 e. The molecule has 0 bridgehead atoms. The van der Waals surface area contributed by atoms with E-state index in [0.29, 0.717) is 87.7 Å². The van der Waals surface area contributed by atoms with Gasteiger partial charge in [-0.1, -0.05) is 18.2 Å². The fourth-order valence-corrected chi connectivity index (χ4v) is 5.83. The van der Waals surface area contributed by atoms with Crippen LogP contribution in [0.1, 0.15) is 36.0 Å². The molecule has 0 fully saturated rings. The molecule has 27 heteroatoms. The number of nitrogens with two attached hydrogens (primary N) is 6. The minimum absolute atomic E-state index is 0.00435. The first kappa shape index (κ1) is 61.1. The van der Waals surface area contributed by atoms with Crippen molar-refractivity contribution in [1.82, 2.24) is 16.0 Å². The number of amides is 3. The van der Waals surface area contributed by atoms with Crippen molar-refractivity contribution in [2.75, 3.05) is 57.4 Å². The van der Waals surface area contributed by atoms with E-state index in [-0.39, 0.29) is 37.7 Å². The Hall–Kier alpha value is -5.91. The lowest BCUT2D eigenvalue weighted by Crippen LogP contribution is -2.48. The predicted octanol–water partition coefficient (Wildman–Crippen LogP) is 2.34. The first-order valence-corrected chi connectivity index (χ1v) is 24.5. The molecular weight excluding hydrogens is 967 g/mol. The van der Waals surface area contributed by atoms with Gasteiger partial charge in [-0.05, 0) is 71.9 Å². The highest BCUT2D eigenvalue weighted by atomic mass is 32.2. The molecule has 69 heavy (non-hydrogen) atoms. The van der Waals surface area contributed by atoms with Gasteiger partial charge in [-0.2, -0.15) is 35.3 Å². The molecule has 3 aromatic rings. The predicted molar refractivity (Wildman–Crippen MR) is 261 cm³/mol. The van der Waals surface area contributed by atoms with E-state index in [9.17, 15) is 28.8 Å². The minimum Gasteiger partial charge on any atom is -0.493 e. The number of hydrogen-bond acceptors (Lipinski definition) is 24. The van der Waals surface area contributed by atoms with Crippen LogP contribution in [0.15, 0.2) is 54.6 Å². The molecule has 0 saturated carbocycles. The SMILES string of the molecule is COc1cc(COC(=O)NC(N)N)ccc1OC(=O)CCSC.COc1cc(COC(=O)NC(N)N)ccc1OC(=O)CCSC.COc1cc(COC(=O)NC(N)N)ccc1OC(=O)CCSC. The monoisotopic (exact) mass is 1030 g/mol. The normalized spacial score (nSPS) is 10.3. The van der Waals surface area contributed by atoms with Gasteiger partial charge >= 0.3 is 36.2 Å². The molecule has 384 valence electrons. The van der Waals surface area contributed by atoms with E-state index in [2.05, 4.69) is 16.0 Å². The summed E-state index contributed by atoms with van der Waals surface area (Å²) in [7, 11) is 4.37. The van der Waals surface area contributed by atoms with Crippen LogP contribution < -0.4 is 78.8 Å². The third-order valence-electron chi connectivity index (χ3n) is 7.85. The van der Waals surface area contributed by atoms with Gasteiger partial charge in [0.25, 0.3) is 0 Å². The lowest BCUT2D eigenvalue weighted by Gasteiger charge is -2.12. The van der Waals surface area contributed by atoms with Crippen LogP contribution in [-0.4, -0.2) is 112 Å². The summed E-state index contributed by atoms with van der Waals surface area (Å²) in [4.78, 5) is 68.8. The number of esters is 3. The highest BCUT2D eigenvalue weighted by Gasteiger charge is 2.15. The number of carbonyl (C=O) groups is 6. The van der Waals surface area contributed by atoms with E-state index in [4.69, 9.17) is 77.0 Å². The van der Waals surface area contributed by atoms with Gasteiger partial charge in [0.1, 0.15) is 38.7 Å². The van der Waals surface area contributed by atoms with E-state index in [1.54, 1.807) is 89.9 Å². The Labute approximate surface area is 412 Å². The Morgan fingerprint density at radius 3 is 0.884 bits per heavy atom. The van der Waals surface area contributed by atoms with E-state index in [0.717, 1.165) is 0 Å². The Balaban J connectivity index is 0.000000517. The summed E-state index contributed by atoms with van der Waals surface area (Å²) in [5.74, 6) is 3.12. The molecule has 0 heterocycles. The highest BCUT2D eigenvalue weighted by molar-refractivity contribution is 7.99. The van der Waals surface area contributed by atoms with Crippen molar-refractivity contribution in [3.8, 4) is 34.5 Å². The second kappa shape index (κ2) is 35.2. The van der Waals surface area contributed by atoms with Crippen LogP contribution in [0.3, 0.4) is 0 Å². The smallest absolute Gasteiger partial charge is 0.409 e. The molecule has 3 amide bonds. The average Bonchev–Trinajstić information content (AvgIpc) is 3.30. The molecule has 0 radical (unpaired) electrons. The molecule has 0 saturated heterocycles. The van der Waals surface area contributed by atoms with E-state index >= 15 is 0 Å². The van der Waals surface area contributed by atoms with Gasteiger partial charge in [-0.25, -0.2) is 14.4 Å². The summed E-state index contributed by atoms with van der Waals surface area (Å²) in [6.45, 7) is -0.0131. The number of hydrogen-bond donors (Lipinski definition) is 9. The number of methoxy groups -OCH3 is 3. The van der Waals surface area contributed by atoms with Crippen molar-refractivity contribution in [2.45, 2.75) is 58.0 Å². The van der Waals surface area contributed by atoms with Crippen molar-refractivity contribution in [1.29, 1.82) is 0 Å². The van der Waals surface area contributed by atoms with Crippen molar-refractivity contribution in [3.05, 3.63) is 71.3 Å². The third kappa shape index (κ3) is 27.6. The van der Waals surface area contributed by atoms with Gasteiger partial charge in [-0.3, -0.25) is 64.7 Å². The average molecular weight is 1030 g/mol. The van der Waals surface area contributed by atoms with Crippen LogP contribution in [0, 0.1) is 0 Å². The Morgan fingerprint density at radius 1 is 0.435 bits per heavy atom. The molecule has 15 N–H and O–H groups in total. The molecule has 0 unspecified atom stereocenters. The number of ether oxygens (including phenoxy) is 9. The van der Waals surface area contributed by atoms with Crippen LogP contribution >= 0.6 is 35.3 Å². The fourth-order valence-electron chi connectivity index (χ4n) is 4.72. The zero-order valence-electron chi connectivity index (χ0n) is 39.1. The fraction of sp³-hybridized carbons (Fsp3) is 0.429. The Morgan fingerprint density at radius 2 is 0.681 bits per heavy atom. The summed E-state index contributed by atoms with van der Waals surface area (Å²) in [6.07, 6.45) is 1.53. The van der Waals surface area contributed by atoms with Crippen LogP contribution in [0.25, 0.3) is 0 Å². The molecule has 24 nitrogen and oxygen atoms in total. The lowest BCUT2D eigenvalue weighted by atomic mass is 10.2. The topological polar surface area (TPSA) is 378 Å². The van der Waals surface area contributed by atoms with E-state index < -0.39 is 37.1 Å². The van der Waals surface area contributed by atoms with Gasteiger partial charge < -0.3 is 42.6 Å². The van der Waals surface area contributed by atoms with Gasteiger partial charge in [0.2, 0.25) is 0 Å². The zero-order valence-corrected chi connectivity index (χ0v) is 41.6. The summed E-state index contributed by atoms with van der Waals surface area (Å²) in [5, 5.41) is 6.57. The summed E-state index contributed by atoms with van der Waals surface area (Å²) in [5.41, 5.74) is 33.2. The van der Waals surface area contributed by atoms with Crippen LogP contribution in [0.2, 0.25) is 0 Å². The molecule has 0 atom stereocenters. The first-order valence-electron chi connectivity index (χ1n) is 20.3. The first-order chi connectivity index (χ1) is 32.9. The second-order valence-corrected chi connectivity index (χ2v) is 16.3. The second-order valence-electron chi connectivity index (χ2n) is 13.3. The summed E-state index contributed by atoms with van der Waals surface area (Å²) < 4.78 is 46.1. The number of carbonyl (C=O) groups excluding carboxylic acids is 6. The molecule has 3 aromatic carbocycles. The molecule has 3 rings (SSSR count). The molecule has 0 aliphatic carbocycles. The summed E-state index contributed by atoms with van der Waals surface area (Å²) >= 11 is 4.69. The quantitative estimate of drug-likeness (QED) is 0.0269. The molecule has 0 aromatic heterocycles. The van der Waals surface area contributed by atoms with E-state index in [1.807, 2.05) is 18.8 Å². The van der Waals surface area contributed by atoms with Crippen molar-refractivity contribution in [2.24, 2.45) is 34.4 Å². The van der Waals surface area contributed by atoms with Crippen LogP contribution in [0.5, 0.6) is 34.5 Å². The molecule has 0 aliphatic heterocycles. The number of rotatable bonds is 24. The van der Waals surface area contributed by atoms with Crippen LogP contribution in [-0.2, 0) is 48.4 Å². The zero-order chi connectivity index (χ0) is 51.7. The molecule has 0 aliphatic rings. The third-order valence-corrected chi connectivity index (χ3v) is 9.69. The Kier molecular flexibility index (Phi) is 31.2. The van der Waals surface area contributed by atoms with Crippen molar-refractivity contribution in [3.63, 3.8) is 0 Å². The van der Waals surface area contributed by atoms with Crippen LogP contribution in [0.4, 0.5) is 14.4 Å².